The van der Waals surface area contributed by atoms with Gasteiger partial charge in [0.25, 0.3) is 0 Å². The summed E-state index contributed by atoms with van der Waals surface area (Å²) in [7, 11) is 1.48. The molecular formula is C14H22FNO. The normalized spacial score (nSPS) is 12.8. The van der Waals surface area contributed by atoms with Crippen molar-refractivity contribution >= 4 is 0 Å². The summed E-state index contributed by atoms with van der Waals surface area (Å²) in [5.74, 6) is 0.550. The second-order valence-corrected chi connectivity index (χ2v) is 4.73. The number of aryl methyl sites for hydroxylation is 1. The van der Waals surface area contributed by atoms with E-state index in [2.05, 4.69) is 13.8 Å². The second kappa shape index (κ2) is 6.60. The van der Waals surface area contributed by atoms with Gasteiger partial charge in [0.05, 0.1) is 7.11 Å². The summed E-state index contributed by atoms with van der Waals surface area (Å²) in [5.41, 5.74) is 6.66. The number of rotatable bonds is 6. The molecule has 0 spiro atoms. The Morgan fingerprint density at radius 2 is 2.06 bits per heavy atom. The zero-order valence-corrected chi connectivity index (χ0v) is 10.9. The smallest absolute Gasteiger partial charge is 0.168 e. The van der Waals surface area contributed by atoms with Crippen molar-refractivity contribution in [2.45, 2.75) is 39.2 Å². The molecule has 0 amide bonds. The quantitative estimate of drug-likeness (QED) is 0.827. The van der Waals surface area contributed by atoms with Gasteiger partial charge in [-0.3, -0.25) is 0 Å². The minimum Gasteiger partial charge on any atom is -0.494 e. The molecule has 1 aromatic rings. The lowest BCUT2D eigenvalue weighted by atomic mass is 9.97. The SMILES string of the molecule is COc1cccc(CCCC(N)C(C)C)c1F. The molecule has 0 heterocycles. The number of methoxy groups -OCH3 is 1. The fraction of sp³-hybridized carbons (Fsp3) is 0.571. The summed E-state index contributed by atoms with van der Waals surface area (Å²) in [6, 6.07) is 5.46. The maximum Gasteiger partial charge on any atom is 0.168 e. The lowest BCUT2D eigenvalue weighted by Gasteiger charge is -2.15. The lowest BCUT2D eigenvalue weighted by molar-refractivity contribution is 0.383. The number of hydrogen-bond acceptors (Lipinski definition) is 2. The van der Waals surface area contributed by atoms with Crippen LogP contribution in [-0.2, 0) is 6.42 Å². The van der Waals surface area contributed by atoms with Crippen LogP contribution in [0.4, 0.5) is 4.39 Å². The van der Waals surface area contributed by atoms with Crippen molar-refractivity contribution in [3.05, 3.63) is 29.6 Å². The third-order valence-corrected chi connectivity index (χ3v) is 3.10. The average Bonchev–Trinajstić information content (AvgIpc) is 2.31. The number of benzene rings is 1. The molecule has 0 aliphatic carbocycles. The van der Waals surface area contributed by atoms with Crippen LogP contribution in [0.2, 0.25) is 0 Å². The van der Waals surface area contributed by atoms with Crippen LogP contribution in [0.3, 0.4) is 0 Å². The van der Waals surface area contributed by atoms with Gasteiger partial charge in [0, 0.05) is 6.04 Å². The number of halogens is 1. The van der Waals surface area contributed by atoms with Crippen LogP contribution in [-0.4, -0.2) is 13.2 Å². The molecule has 0 aliphatic rings. The highest BCUT2D eigenvalue weighted by Crippen LogP contribution is 2.21. The fourth-order valence-corrected chi connectivity index (χ4v) is 1.77. The predicted octanol–water partition coefficient (Wildman–Crippen LogP) is 3.14. The van der Waals surface area contributed by atoms with Gasteiger partial charge in [-0.25, -0.2) is 4.39 Å². The molecule has 0 saturated heterocycles. The summed E-state index contributed by atoms with van der Waals surface area (Å²) in [4.78, 5) is 0. The fourth-order valence-electron chi connectivity index (χ4n) is 1.77. The van der Waals surface area contributed by atoms with Crippen molar-refractivity contribution < 1.29 is 9.13 Å². The molecule has 0 radical (unpaired) electrons. The molecule has 1 unspecified atom stereocenters. The molecule has 0 bridgehead atoms. The van der Waals surface area contributed by atoms with Crippen molar-refractivity contribution in [1.29, 1.82) is 0 Å². The molecule has 0 saturated carbocycles. The summed E-state index contributed by atoms with van der Waals surface area (Å²) in [6.07, 6.45) is 2.54. The first-order valence-corrected chi connectivity index (χ1v) is 6.13. The van der Waals surface area contributed by atoms with E-state index in [9.17, 15) is 4.39 Å². The Morgan fingerprint density at radius 3 is 2.65 bits per heavy atom. The van der Waals surface area contributed by atoms with Crippen LogP contribution in [0, 0.1) is 11.7 Å². The van der Waals surface area contributed by atoms with Crippen LogP contribution in [0.25, 0.3) is 0 Å². The first-order chi connectivity index (χ1) is 8.06. The van der Waals surface area contributed by atoms with E-state index in [0.29, 0.717) is 23.7 Å². The van der Waals surface area contributed by atoms with Gasteiger partial charge in [-0.2, -0.15) is 0 Å². The van der Waals surface area contributed by atoms with E-state index in [4.69, 9.17) is 10.5 Å². The van der Waals surface area contributed by atoms with E-state index in [-0.39, 0.29) is 11.9 Å². The minimum absolute atomic E-state index is 0.198. The number of nitrogens with two attached hydrogens (primary N) is 1. The lowest BCUT2D eigenvalue weighted by Crippen LogP contribution is -2.26. The standard InChI is InChI=1S/C14H22FNO/c1-10(2)12(16)8-4-6-11-7-5-9-13(17-3)14(11)15/h5,7,9-10,12H,4,6,8,16H2,1-3H3. The Labute approximate surface area is 103 Å². The van der Waals surface area contributed by atoms with E-state index in [1.165, 1.54) is 7.11 Å². The molecule has 96 valence electrons. The zero-order chi connectivity index (χ0) is 12.8. The van der Waals surface area contributed by atoms with Crippen LogP contribution in [0.15, 0.2) is 18.2 Å². The molecule has 0 aromatic heterocycles. The van der Waals surface area contributed by atoms with Gasteiger partial charge in [0.2, 0.25) is 0 Å². The third-order valence-electron chi connectivity index (χ3n) is 3.10. The van der Waals surface area contributed by atoms with Crippen molar-refractivity contribution in [2.75, 3.05) is 7.11 Å². The van der Waals surface area contributed by atoms with Gasteiger partial charge in [-0.1, -0.05) is 26.0 Å². The number of hydrogen-bond donors (Lipinski definition) is 1. The van der Waals surface area contributed by atoms with Gasteiger partial charge in [0.1, 0.15) is 0 Å². The number of ether oxygens (including phenoxy) is 1. The summed E-state index contributed by atoms with van der Waals surface area (Å²) in [5, 5.41) is 0. The van der Waals surface area contributed by atoms with Crippen molar-refractivity contribution in [3.63, 3.8) is 0 Å². The monoisotopic (exact) mass is 239 g/mol. The highest BCUT2D eigenvalue weighted by Gasteiger charge is 2.10. The van der Waals surface area contributed by atoms with E-state index in [0.717, 1.165) is 12.8 Å². The molecule has 0 fully saturated rings. The minimum atomic E-state index is -0.242. The highest BCUT2D eigenvalue weighted by molar-refractivity contribution is 5.31. The Hall–Kier alpha value is -1.09. The molecule has 3 heteroatoms. The van der Waals surface area contributed by atoms with E-state index in [1.54, 1.807) is 12.1 Å². The molecule has 2 nitrogen and oxygen atoms in total. The van der Waals surface area contributed by atoms with Crippen molar-refractivity contribution in [3.8, 4) is 5.75 Å². The first-order valence-electron chi connectivity index (χ1n) is 6.13. The predicted molar refractivity (Wildman–Crippen MR) is 68.7 cm³/mol. The van der Waals surface area contributed by atoms with Gasteiger partial charge < -0.3 is 10.5 Å². The van der Waals surface area contributed by atoms with Gasteiger partial charge in [-0.05, 0) is 36.8 Å². The maximum absolute atomic E-state index is 13.8. The van der Waals surface area contributed by atoms with Crippen LogP contribution < -0.4 is 10.5 Å². The summed E-state index contributed by atoms with van der Waals surface area (Å²) >= 11 is 0. The van der Waals surface area contributed by atoms with E-state index >= 15 is 0 Å². The van der Waals surface area contributed by atoms with Crippen LogP contribution in [0.1, 0.15) is 32.3 Å². The van der Waals surface area contributed by atoms with E-state index in [1.807, 2.05) is 6.07 Å². The largest absolute Gasteiger partial charge is 0.494 e. The zero-order valence-electron chi connectivity index (χ0n) is 10.9. The van der Waals surface area contributed by atoms with Crippen molar-refractivity contribution in [1.82, 2.24) is 0 Å². The molecule has 1 atom stereocenters. The third kappa shape index (κ3) is 4.00. The van der Waals surface area contributed by atoms with Gasteiger partial charge in [0.15, 0.2) is 11.6 Å². The second-order valence-electron chi connectivity index (χ2n) is 4.73. The Kier molecular flexibility index (Phi) is 5.42. The summed E-state index contributed by atoms with van der Waals surface area (Å²) in [6.45, 7) is 4.22. The molecule has 2 N–H and O–H groups in total. The summed E-state index contributed by atoms with van der Waals surface area (Å²) < 4.78 is 18.8. The molecule has 0 aliphatic heterocycles. The molecule has 1 aromatic carbocycles. The van der Waals surface area contributed by atoms with Crippen LogP contribution in [0.5, 0.6) is 5.75 Å². The van der Waals surface area contributed by atoms with Gasteiger partial charge in [-0.15, -0.1) is 0 Å². The molecular weight excluding hydrogens is 217 g/mol. The average molecular weight is 239 g/mol. The first kappa shape index (κ1) is 14.0. The topological polar surface area (TPSA) is 35.2 Å². The van der Waals surface area contributed by atoms with E-state index < -0.39 is 0 Å². The van der Waals surface area contributed by atoms with Crippen LogP contribution >= 0.6 is 0 Å². The molecule has 17 heavy (non-hydrogen) atoms. The Balaban J connectivity index is 2.52. The van der Waals surface area contributed by atoms with Gasteiger partial charge >= 0.3 is 0 Å². The Morgan fingerprint density at radius 1 is 1.35 bits per heavy atom. The molecule has 1 rings (SSSR count). The van der Waals surface area contributed by atoms with Crippen molar-refractivity contribution in [2.24, 2.45) is 11.7 Å². The Bertz CT molecular complexity index is 352. The highest BCUT2D eigenvalue weighted by atomic mass is 19.1. The maximum atomic E-state index is 13.8.